The number of aromatic nitrogens is 1. The van der Waals surface area contributed by atoms with Crippen molar-refractivity contribution in [2.75, 3.05) is 5.43 Å². The maximum Gasteiger partial charge on any atom is 0.535 e. The first-order chi connectivity index (χ1) is 15.3. The summed E-state index contributed by atoms with van der Waals surface area (Å²) in [4.78, 5) is 16.5. The Balaban J connectivity index is 1.43. The fourth-order valence-electron chi connectivity index (χ4n) is 3.17. The number of nitrogens with one attached hydrogen (secondary N) is 2. The molecule has 2 heterocycles. The number of rotatable bonds is 5. The van der Waals surface area contributed by atoms with Crippen molar-refractivity contribution >= 4 is 23.2 Å². The molecule has 0 radical (unpaired) electrons. The maximum atomic E-state index is 13.2. The first-order valence-corrected chi connectivity index (χ1v) is 9.75. The van der Waals surface area contributed by atoms with Crippen molar-refractivity contribution in [1.82, 2.24) is 10.4 Å². The zero-order chi connectivity index (χ0) is 22.7. The van der Waals surface area contributed by atoms with Gasteiger partial charge in [0.25, 0.3) is 5.91 Å². The van der Waals surface area contributed by atoms with Gasteiger partial charge in [0, 0.05) is 16.8 Å². The Labute approximate surface area is 186 Å². The number of ether oxygens (including phenoxy) is 2. The van der Waals surface area contributed by atoms with Crippen LogP contribution in [0.1, 0.15) is 32.7 Å². The molecule has 0 atom stereocenters. The minimum atomic E-state index is -3.73. The highest BCUT2D eigenvalue weighted by molar-refractivity contribution is 6.31. The van der Waals surface area contributed by atoms with Gasteiger partial charge in [-0.2, -0.15) is 5.26 Å². The van der Waals surface area contributed by atoms with E-state index in [1.54, 1.807) is 36.5 Å². The van der Waals surface area contributed by atoms with E-state index < -0.39 is 18.8 Å². The van der Waals surface area contributed by atoms with Crippen molar-refractivity contribution in [3.63, 3.8) is 0 Å². The van der Waals surface area contributed by atoms with Crippen LogP contribution in [0.25, 0.3) is 0 Å². The van der Waals surface area contributed by atoms with E-state index in [9.17, 15) is 13.6 Å². The second-order valence-electron chi connectivity index (χ2n) is 6.86. The van der Waals surface area contributed by atoms with Crippen LogP contribution < -0.4 is 15.6 Å². The third-order valence-electron chi connectivity index (χ3n) is 4.70. The number of anilines is 1. The predicted molar refractivity (Wildman–Crippen MR) is 111 cm³/mol. The van der Waals surface area contributed by atoms with E-state index >= 15 is 0 Å². The Morgan fingerprint density at radius 2 is 2.09 bits per heavy atom. The van der Waals surface area contributed by atoms with Gasteiger partial charge >= 0.3 is 6.29 Å². The summed E-state index contributed by atoms with van der Waals surface area (Å²) in [6, 6.07) is 14.9. The van der Waals surface area contributed by atoms with E-state index in [1.807, 2.05) is 6.07 Å². The summed E-state index contributed by atoms with van der Waals surface area (Å²) in [5.74, 6) is -0.669. The van der Waals surface area contributed by atoms with Crippen molar-refractivity contribution in [3.8, 4) is 11.8 Å². The molecule has 1 aliphatic rings. The molecule has 0 saturated heterocycles. The average Bonchev–Trinajstić information content (AvgIpc) is 2.78. The largest absolute Gasteiger partial charge is 0.535 e. The lowest BCUT2D eigenvalue weighted by molar-refractivity contribution is -0.368. The van der Waals surface area contributed by atoms with Crippen molar-refractivity contribution in [2.24, 2.45) is 0 Å². The number of benzene rings is 2. The van der Waals surface area contributed by atoms with Gasteiger partial charge in [-0.1, -0.05) is 23.7 Å². The average molecular weight is 457 g/mol. The van der Waals surface area contributed by atoms with Gasteiger partial charge in [0.1, 0.15) is 17.5 Å². The fourth-order valence-corrected chi connectivity index (χ4v) is 3.41. The molecule has 7 nitrogen and oxygen atoms in total. The highest BCUT2D eigenvalue weighted by Crippen LogP contribution is 2.35. The summed E-state index contributed by atoms with van der Waals surface area (Å²) in [6.07, 6.45) is -1.67. The summed E-state index contributed by atoms with van der Waals surface area (Å²) in [6.45, 7) is -0.463. The number of nitriles is 1. The minimum Gasteiger partial charge on any atom is -0.409 e. The van der Waals surface area contributed by atoms with Crippen molar-refractivity contribution in [2.45, 2.75) is 19.3 Å². The number of amides is 1. The third kappa shape index (κ3) is 4.77. The van der Waals surface area contributed by atoms with Gasteiger partial charge in [-0.25, -0.2) is 4.98 Å². The molecule has 4 rings (SSSR count). The smallest absolute Gasteiger partial charge is 0.409 e. The maximum absolute atomic E-state index is 13.2. The van der Waals surface area contributed by atoms with Crippen molar-refractivity contribution in [3.05, 3.63) is 87.7 Å². The number of hydrogen-bond acceptors (Lipinski definition) is 6. The quantitative estimate of drug-likeness (QED) is 0.552. The summed E-state index contributed by atoms with van der Waals surface area (Å²) >= 11 is 6.37. The molecule has 0 fully saturated rings. The molecule has 0 spiro atoms. The van der Waals surface area contributed by atoms with Crippen LogP contribution >= 0.6 is 11.6 Å². The lowest BCUT2D eigenvalue weighted by atomic mass is 10.0. The molecule has 0 saturated carbocycles. The molecular formula is C22H15ClF2N4O3. The van der Waals surface area contributed by atoms with Crippen molar-refractivity contribution in [1.29, 1.82) is 5.26 Å². The highest BCUT2D eigenvalue weighted by Gasteiger charge is 2.39. The van der Waals surface area contributed by atoms with Crippen LogP contribution in [0.15, 0.2) is 54.7 Å². The Morgan fingerprint density at radius 1 is 1.25 bits per heavy atom. The van der Waals surface area contributed by atoms with Crippen LogP contribution in [-0.4, -0.2) is 17.2 Å². The second kappa shape index (κ2) is 8.78. The molecule has 162 valence electrons. The molecule has 2 N–H and O–H groups in total. The summed E-state index contributed by atoms with van der Waals surface area (Å²) in [5.41, 5.74) is 8.17. The Hall–Kier alpha value is -3.74. The molecule has 3 aromatic rings. The summed E-state index contributed by atoms with van der Waals surface area (Å²) < 4.78 is 35.3. The summed E-state index contributed by atoms with van der Waals surface area (Å²) in [7, 11) is 0. The van der Waals surface area contributed by atoms with Crippen LogP contribution in [0.3, 0.4) is 0 Å². The van der Waals surface area contributed by atoms with E-state index in [0.717, 1.165) is 11.1 Å². The number of nitrogens with zero attached hydrogens (tertiary/aromatic N) is 2. The lowest BCUT2D eigenvalue weighted by Gasteiger charge is -2.26. The molecule has 1 amide bonds. The highest BCUT2D eigenvalue weighted by atomic mass is 35.5. The number of carbonyl (C=O) groups is 1. The van der Waals surface area contributed by atoms with Gasteiger partial charge in [-0.3, -0.25) is 20.4 Å². The second-order valence-corrected chi connectivity index (χ2v) is 7.27. The Bertz CT molecular complexity index is 1230. The standard InChI is InChI=1S/C22H15ClF2N4O3/c23-19-10-15(5-4-14(19)8-13-6-7-27-16(9-13)11-26)28-29-21(30)17-2-1-3-20-18(17)12-31-22(24,25)32-20/h1-7,9-10,28H,8,12H2,(H,29,30). The molecule has 0 bridgehead atoms. The molecule has 1 aliphatic heterocycles. The van der Waals surface area contributed by atoms with E-state index in [4.69, 9.17) is 16.9 Å². The number of carbonyl (C=O) groups excluding carboxylic acids is 1. The van der Waals surface area contributed by atoms with E-state index in [-0.39, 0.29) is 16.9 Å². The molecule has 0 unspecified atom stereocenters. The molecule has 10 heteroatoms. The zero-order valence-corrected chi connectivity index (χ0v) is 17.1. The topological polar surface area (TPSA) is 96.3 Å². The van der Waals surface area contributed by atoms with Gasteiger partial charge in [-0.05, 0) is 53.9 Å². The predicted octanol–water partition coefficient (Wildman–Crippen LogP) is 4.41. The monoisotopic (exact) mass is 456 g/mol. The Morgan fingerprint density at radius 3 is 2.88 bits per heavy atom. The SMILES string of the molecule is N#Cc1cc(Cc2ccc(NNC(=O)c3cccc4c3COC(F)(F)O4)cc2Cl)ccn1. The van der Waals surface area contributed by atoms with E-state index in [1.165, 1.54) is 18.2 Å². The first-order valence-electron chi connectivity index (χ1n) is 9.37. The van der Waals surface area contributed by atoms with Crippen LogP contribution in [0.4, 0.5) is 14.5 Å². The number of fused-ring (bicyclic) bond motifs is 1. The van der Waals surface area contributed by atoms with Crippen LogP contribution in [0.5, 0.6) is 5.75 Å². The Kier molecular flexibility index (Phi) is 5.90. The molecule has 2 aromatic carbocycles. The number of halogens is 3. The lowest BCUT2D eigenvalue weighted by Crippen LogP contribution is -2.35. The minimum absolute atomic E-state index is 0.114. The molecule has 0 aliphatic carbocycles. The number of hydrazine groups is 1. The van der Waals surface area contributed by atoms with Crippen LogP contribution in [0, 0.1) is 11.3 Å². The first kappa shape index (κ1) is 21.5. The van der Waals surface area contributed by atoms with Gasteiger partial charge in [0.15, 0.2) is 0 Å². The van der Waals surface area contributed by atoms with Crippen LogP contribution in [0.2, 0.25) is 5.02 Å². The number of hydrogen-bond donors (Lipinski definition) is 2. The summed E-state index contributed by atoms with van der Waals surface area (Å²) in [5, 5.41) is 9.42. The van der Waals surface area contributed by atoms with Gasteiger partial charge in [0.05, 0.1) is 17.9 Å². The van der Waals surface area contributed by atoms with Gasteiger partial charge in [0.2, 0.25) is 0 Å². The van der Waals surface area contributed by atoms with E-state index in [2.05, 4.69) is 25.3 Å². The van der Waals surface area contributed by atoms with E-state index in [0.29, 0.717) is 22.8 Å². The van der Waals surface area contributed by atoms with Gasteiger partial charge in [-0.15, -0.1) is 8.78 Å². The van der Waals surface area contributed by atoms with Crippen LogP contribution in [-0.2, 0) is 17.8 Å². The number of pyridine rings is 1. The number of alkyl halides is 2. The van der Waals surface area contributed by atoms with Crippen molar-refractivity contribution < 1.29 is 23.0 Å². The van der Waals surface area contributed by atoms with Gasteiger partial charge < -0.3 is 4.74 Å². The third-order valence-corrected chi connectivity index (χ3v) is 5.05. The zero-order valence-electron chi connectivity index (χ0n) is 16.4. The molecule has 1 aromatic heterocycles. The molecular weight excluding hydrogens is 442 g/mol. The normalized spacial score (nSPS) is 13.9. The fraction of sp³-hybridized carbons (Fsp3) is 0.136. The molecule has 32 heavy (non-hydrogen) atoms.